The number of para-hydroxylation sites is 1. The predicted molar refractivity (Wildman–Crippen MR) is 84.5 cm³/mol. The molecule has 0 aromatic heterocycles. The lowest BCUT2D eigenvalue weighted by atomic mass is 10.2. The molecule has 0 spiro atoms. The first-order valence-electron chi connectivity index (χ1n) is 5.98. The molecule has 0 aliphatic heterocycles. The van der Waals surface area contributed by atoms with E-state index in [2.05, 4.69) is 12.6 Å². The summed E-state index contributed by atoms with van der Waals surface area (Å²) < 4.78 is 4.86. The highest BCUT2D eigenvalue weighted by atomic mass is 35.5. The summed E-state index contributed by atoms with van der Waals surface area (Å²) in [6.07, 6.45) is 0. The van der Waals surface area contributed by atoms with Crippen LogP contribution in [0.4, 0.5) is 5.69 Å². The Morgan fingerprint density at radius 1 is 1.35 bits per heavy atom. The van der Waals surface area contributed by atoms with Crippen LogP contribution in [0.2, 0.25) is 0 Å². The van der Waals surface area contributed by atoms with Crippen molar-refractivity contribution in [3.63, 3.8) is 0 Å². The molecule has 0 fully saturated rings. The number of benzene rings is 1. The van der Waals surface area contributed by atoms with Gasteiger partial charge in [0.1, 0.15) is 6.54 Å². The minimum absolute atomic E-state index is 0. The summed E-state index contributed by atoms with van der Waals surface area (Å²) in [6.45, 7) is 1.83. The molecule has 0 heterocycles. The molecule has 1 aromatic carbocycles. The monoisotopic (exact) mass is 318 g/mol. The quantitative estimate of drug-likeness (QED) is 0.612. The van der Waals surface area contributed by atoms with Crippen LogP contribution < -0.4 is 10.6 Å². The zero-order valence-corrected chi connectivity index (χ0v) is 12.9. The second-order valence-electron chi connectivity index (χ2n) is 3.85. The van der Waals surface area contributed by atoms with E-state index in [0.29, 0.717) is 5.69 Å². The maximum Gasteiger partial charge on any atom is 0.326 e. The molecule has 0 aliphatic carbocycles. The lowest BCUT2D eigenvalue weighted by Gasteiger charge is -2.24. The van der Waals surface area contributed by atoms with Crippen molar-refractivity contribution in [3.8, 4) is 0 Å². The molecule has 5 nitrogen and oxygen atoms in total. The van der Waals surface area contributed by atoms with E-state index >= 15 is 0 Å². The van der Waals surface area contributed by atoms with E-state index in [-0.39, 0.29) is 37.2 Å². The van der Waals surface area contributed by atoms with Crippen LogP contribution in [0.1, 0.15) is 6.92 Å². The molecule has 112 valence electrons. The van der Waals surface area contributed by atoms with Gasteiger partial charge >= 0.3 is 5.97 Å². The van der Waals surface area contributed by atoms with Crippen molar-refractivity contribution < 1.29 is 14.3 Å². The van der Waals surface area contributed by atoms with Crippen LogP contribution in [0, 0.1) is 0 Å². The topological polar surface area (TPSA) is 72.6 Å². The highest BCUT2D eigenvalue weighted by Crippen LogP contribution is 2.14. The molecule has 0 radical (unpaired) electrons. The lowest BCUT2D eigenvalue weighted by Crippen LogP contribution is -2.47. The highest BCUT2D eigenvalue weighted by molar-refractivity contribution is 7.80. The number of nitrogens with two attached hydrogens (primary N) is 1. The van der Waals surface area contributed by atoms with Crippen LogP contribution in [0.15, 0.2) is 30.3 Å². The number of carbonyl (C=O) groups is 2. The Balaban J connectivity index is 0.00000361. The SMILES string of the molecule is CCOC(=O)CN(C(=O)C(N)CS)c1ccccc1.Cl. The van der Waals surface area contributed by atoms with Crippen molar-refractivity contribution in [1.82, 2.24) is 0 Å². The Kier molecular flexibility index (Phi) is 9.03. The number of rotatable bonds is 6. The summed E-state index contributed by atoms with van der Waals surface area (Å²) in [5.41, 5.74) is 6.29. The van der Waals surface area contributed by atoms with Crippen LogP contribution >= 0.6 is 25.0 Å². The third-order valence-electron chi connectivity index (χ3n) is 2.44. The van der Waals surface area contributed by atoms with Crippen LogP contribution in [0.5, 0.6) is 0 Å². The van der Waals surface area contributed by atoms with Crippen molar-refractivity contribution >= 4 is 42.6 Å². The van der Waals surface area contributed by atoms with Gasteiger partial charge in [0, 0.05) is 11.4 Å². The van der Waals surface area contributed by atoms with E-state index in [0.717, 1.165) is 0 Å². The summed E-state index contributed by atoms with van der Waals surface area (Å²) >= 11 is 4.01. The maximum atomic E-state index is 12.2. The van der Waals surface area contributed by atoms with Gasteiger partial charge in [-0.1, -0.05) is 18.2 Å². The number of halogens is 1. The molecule has 1 unspecified atom stereocenters. The van der Waals surface area contributed by atoms with E-state index in [4.69, 9.17) is 10.5 Å². The van der Waals surface area contributed by atoms with Gasteiger partial charge in [-0.05, 0) is 19.1 Å². The molecular weight excluding hydrogens is 300 g/mol. The van der Waals surface area contributed by atoms with E-state index in [9.17, 15) is 9.59 Å². The number of carbonyl (C=O) groups excluding carboxylic acids is 2. The second-order valence-corrected chi connectivity index (χ2v) is 4.22. The Bertz CT molecular complexity index is 431. The number of ether oxygens (including phenoxy) is 1. The first-order chi connectivity index (χ1) is 9.10. The smallest absolute Gasteiger partial charge is 0.326 e. The molecule has 1 aromatic rings. The molecule has 0 saturated heterocycles. The fraction of sp³-hybridized carbons (Fsp3) is 0.385. The van der Waals surface area contributed by atoms with Gasteiger partial charge in [0.25, 0.3) is 0 Å². The van der Waals surface area contributed by atoms with Crippen molar-refractivity contribution in [1.29, 1.82) is 0 Å². The van der Waals surface area contributed by atoms with Crippen LogP contribution in [0.3, 0.4) is 0 Å². The number of esters is 1. The first-order valence-corrected chi connectivity index (χ1v) is 6.61. The van der Waals surface area contributed by atoms with Gasteiger partial charge in [0.2, 0.25) is 5.91 Å². The third kappa shape index (κ3) is 5.40. The number of hydrogen-bond acceptors (Lipinski definition) is 5. The fourth-order valence-electron chi connectivity index (χ4n) is 1.52. The van der Waals surface area contributed by atoms with Crippen molar-refractivity contribution in [2.75, 3.05) is 23.8 Å². The summed E-state index contributed by atoms with van der Waals surface area (Å²) in [6, 6.07) is 8.12. The molecule has 7 heteroatoms. The van der Waals surface area contributed by atoms with Crippen molar-refractivity contribution in [2.24, 2.45) is 5.73 Å². The molecule has 0 saturated carbocycles. The van der Waals surface area contributed by atoms with Gasteiger partial charge in [-0.2, -0.15) is 12.6 Å². The molecule has 1 rings (SSSR count). The van der Waals surface area contributed by atoms with Gasteiger partial charge < -0.3 is 10.5 Å². The van der Waals surface area contributed by atoms with E-state index in [1.165, 1.54) is 4.90 Å². The van der Waals surface area contributed by atoms with Gasteiger partial charge in [-0.15, -0.1) is 12.4 Å². The van der Waals surface area contributed by atoms with Crippen LogP contribution in [-0.2, 0) is 14.3 Å². The molecule has 0 aliphatic rings. The average Bonchev–Trinajstić information content (AvgIpc) is 2.44. The van der Waals surface area contributed by atoms with Gasteiger partial charge in [0.15, 0.2) is 0 Å². The zero-order valence-electron chi connectivity index (χ0n) is 11.2. The maximum absolute atomic E-state index is 12.2. The summed E-state index contributed by atoms with van der Waals surface area (Å²) in [5.74, 6) is -0.606. The largest absolute Gasteiger partial charge is 0.465 e. The number of nitrogens with zero attached hydrogens (tertiary/aromatic N) is 1. The van der Waals surface area contributed by atoms with E-state index in [1.807, 2.05) is 6.07 Å². The number of hydrogen-bond donors (Lipinski definition) is 2. The Morgan fingerprint density at radius 3 is 2.45 bits per heavy atom. The number of amides is 1. The van der Waals surface area contributed by atoms with Crippen LogP contribution in [-0.4, -0.2) is 36.8 Å². The summed E-state index contributed by atoms with van der Waals surface area (Å²) in [5, 5.41) is 0. The molecule has 2 N–H and O–H groups in total. The minimum Gasteiger partial charge on any atom is -0.465 e. The van der Waals surface area contributed by atoms with Gasteiger partial charge in [-0.3, -0.25) is 14.5 Å². The summed E-state index contributed by atoms with van der Waals surface area (Å²) in [4.78, 5) is 25.0. The van der Waals surface area contributed by atoms with E-state index in [1.54, 1.807) is 31.2 Å². The first kappa shape index (κ1) is 18.8. The lowest BCUT2D eigenvalue weighted by molar-refractivity contribution is -0.142. The van der Waals surface area contributed by atoms with Crippen LogP contribution in [0.25, 0.3) is 0 Å². The van der Waals surface area contributed by atoms with Crippen molar-refractivity contribution in [2.45, 2.75) is 13.0 Å². The molecule has 1 amide bonds. The van der Waals surface area contributed by atoms with Crippen molar-refractivity contribution in [3.05, 3.63) is 30.3 Å². The predicted octanol–water partition coefficient (Wildman–Crippen LogP) is 1.26. The Morgan fingerprint density at radius 2 is 1.95 bits per heavy atom. The number of anilines is 1. The Labute approximate surface area is 130 Å². The Hall–Kier alpha value is -1.24. The second kappa shape index (κ2) is 9.63. The normalized spacial score (nSPS) is 11.2. The van der Waals surface area contributed by atoms with Gasteiger partial charge in [0.05, 0.1) is 12.6 Å². The molecule has 20 heavy (non-hydrogen) atoms. The average molecular weight is 319 g/mol. The highest BCUT2D eigenvalue weighted by Gasteiger charge is 2.24. The zero-order chi connectivity index (χ0) is 14.3. The third-order valence-corrected chi connectivity index (χ3v) is 2.83. The number of thiol groups is 1. The summed E-state index contributed by atoms with van der Waals surface area (Å²) in [7, 11) is 0. The molecule has 0 bridgehead atoms. The molecular formula is C13H19ClN2O3S. The van der Waals surface area contributed by atoms with E-state index < -0.39 is 12.0 Å². The molecule has 1 atom stereocenters. The fourth-order valence-corrected chi connectivity index (χ4v) is 1.67. The van der Waals surface area contributed by atoms with Gasteiger partial charge in [-0.25, -0.2) is 0 Å². The minimum atomic E-state index is -0.752. The standard InChI is InChI=1S/C13H18N2O3S.ClH/c1-2-18-12(16)8-15(13(17)11(14)9-19)10-6-4-3-5-7-10;/h3-7,11,19H,2,8-9,14H2,1H3;1H.